The smallest absolute Gasteiger partial charge is 0.0729 e. The van der Waals surface area contributed by atoms with Crippen molar-refractivity contribution in [3.05, 3.63) is 132 Å². The number of para-hydroxylation sites is 2. The Labute approximate surface area is 176 Å². The first-order valence-corrected chi connectivity index (χ1v) is 9.99. The van der Waals surface area contributed by atoms with Gasteiger partial charge < -0.3 is 9.88 Å². The molecule has 0 spiro atoms. The van der Waals surface area contributed by atoms with Crippen LogP contribution in [-0.4, -0.2) is 11.2 Å². The van der Waals surface area contributed by atoms with Gasteiger partial charge in [0.05, 0.1) is 5.70 Å². The molecule has 0 saturated heterocycles. The van der Waals surface area contributed by atoms with Gasteiger partial charge in [-0.05, 0) is 66.2 Å². The number of H-pyrrole nitrogens is 1. The molecule has 0 fully saturated rings. The van der Waals surface area contributed by atoms with Gasteiger partial charge in [0.15, 0.2) is 0 Å². The third-order valence-corrected chi connectivity index (χ3v) is 5.12. The van der Waals surface area contributed by atoms with Gasteiger partial charge in [0, 0.05) is 40.7 Å². The van der Waals surface area contributed by atoms with Gasteiger partial charge in [-0.2, -0.15) is 0 Å². The molecule has 1 aliphatic heterocycles. The van der Waals surface area contributed by atoms with Crippen molar-refractivity contribution < 1.29 is 0 Å². The summed E-state index contributed by atoms with van der Waals surface area (Å²) in [5.41, 5.74) is 7.61. The van der Waals surface area contributed by atoms with E-state index in [-0.39, 0.29) is 0 Å². The van der Waals surface area contributed by atoms with Gasteiger partial charge in [-0.25, -0.2) is 0 Å². The molecule has 0 atom stereocenters. The third kappa shape index (κ3) is 3.49. The SMILES string of the molecule is C1=C/C(=C(\c2ccc(N(c3ccccc3)c3ccccc3)cc2)c2ccc[nH]2)N=C1. The van der Waals surface area contributed by atoms with Crippen LogP contribution in [0.4, 0.5) is 17.1 Å². The van der Waals surface area contributed by atoms with Crippen molar-refractivity contribution in [1.82, 2.24) is 4.98 Å². The molecule has 1 aromatic heterocycles. The monoisotopic (exact) mass is 387 g/mol. The number of aromatic nitrogens is 1. The molecule has 2 heterocycles. The number of aromatic amines is 1. The zero-order valence-electron chi connectivity index (χ0n) is 16.4. The number of aliphatic imine (C=N–C) groups is 1. The fourth-order valence-electron chi connectivity index (χ4n) is 3.75. The molecule has 30 heavy (non-hydrogen) atoms. The Morgan fingerprint density at radius 2 is 1.30 bits per heavy atom. The van der Waals surface area contributed by atoms with E-state index >= 15 is 0 Å². The first kappa shape index (κ1) is 18.0. The quantitative estimate of drug-likeness (QED) is 0.397. The lowest BCUT2D eigenvalue weighted by Crippen LogP contribution is -2.09. The van der Waals surface area contributed by atoms with Gasteiger partial charge in [0.1, 0.15) is 0 Å². The van der Waals surface area contributed by atoms with Crippen LogP contribution in [0.15, 0.2) is 126 Å². The van der Waals surface area contributed by atoms with Crippen molar-refractivity contribution >= 4 is 28.8 Å². The Hall–Kier alpha value is -4.11. The normalized spacial score (nSPS) is 14.1. The first-order chi connectivity index (χ1) is 14.9. The average Bonchev–Trinajstić information content (AvgIpc) is 3.52. The highest BCUT2D eigenvalue weighted by Crippen LogP contribution is 2.36. The Balaban J connectivity index is 1.58. The lowest BCUT2D eigenvalue weighted by molar-refractivity contribution is 1.27. The molecular weight excluding hydrogens is 366 g/mol. The first-order valence-electron chi connectivity index (χ1n) is 9.99. The van der Waals surface area contributed by atoms with E-state index in [1.54, 1.807) is 0 Å². The average molecular weight is 387 g/mol. The van der Waals surface area contributed by atoms with Crippen molar-refractivity contribution in [3.63, 3.8) is 0 Å². The molecule has 0 bridgehead atoms. The zero-order valence-corrected chi connectivity index (χ0v) is 16.4. The summed E-state index contributed by atoms with van der Waals surface area (Å²) < 4.78 is 0. The molecule has 3 heteroatoms. The maximum absolute atomic E-state index is 4.53. The fraction of sp³-hybridized carbons (Fsp3) is 0. The third-order valence-electron chi connectivity index (χ3n) is 5.12. The van der Waals surface area contributed by atoms with Crippen LogP contribution in [0.5, 0.6) is 0 Å². The standard InChI is InChI=1S/C27H21N3/c1-3-9-22(10-4-1)30(23-11-5-2-6-12-23)24-17-15-21(16-18-24)27(25-13-7-19-28-25)26-14-8-20-29-26/h1-20,28H/b27-26-. The number of allylic oxidation sites excluding steroid dienone is 2. The summed E-state index contributed by atoms with van der Waals surface area (Å²) in [6.45, 7) is 0. The fourth-order valence-corrected chi connectivity index (χ4v) is 3.75. The van der Waals surface area contributed by atoms with Crippen LogP contribution in [0.2, 0.25) is 0 Å². The van der Waals surface area contributed by atoms with Crippen molar-refractivity contribution in [2.75, 3.05) is 4.90 Å². The van der Waals surface area contributed by atoms with Crippen LogP contribution in [0.1, 0.15) is 11.3 Å². The Morgan fingerprint density at radius 1 is 0.667 bits per heavy atom. The molecule has 1 aliphatic rings. The van der Waals surface area contributed by atoms with Crippen molar-refractivity contribution in [2.45, 2.75) is 0 Å². The maximum atomic E-state index is 4.53. The molecular formula is C27H21N3. The summed E-state index contributed by atoms with van der Waals surface area (Å²) >= 11 is 0. The van der Waals surface area contributed by atoms with Gasteiger partial charge >= 0.3 is 0 Å². The number of benzene rings is 3. The highest BCUT2D eigenvalue weighted by Gasteiger charge is 2.15. The van der Waals surface area contributed by atoms with E-state index in [4.69, 9.17) is 0 Å². The van der Waals surface area contributed by atoms with Crippen molar-refractivity contribution in [1.29, 1.82) is 0 Å². The van der Waals surface area contributed by atoms with Crippen LogP contribution in [-0.2, 0) is 0 Å². The van der Waals surface area contributed by atoms with E-state index in [9.17, 15) is 0 Å². The van der Waals surface area contributed by atoms with Crippen LogP contribution in [0, 0.1) is 0 Å². The topological polar surface area (TPSA) is 31.4 Å². The van der Waals surface area contributed by atoms with Crippen LogP contribution in [0.25, 0.3) is 5.57 Å². The second kappa shape index (κ2) is 8.10. The Morgan fingerprint density at radius 3 is 1.83 bits per heavy atom. The predicted octanol–water partition coefficient (Wildman–Crippen LogP) is 6.88. The molecule has 3 nitrogen and oxygen atoms in total. The number of anilines is 3. The second-order valence-electron chi connectivity index (χ2n) is 7.03. The summed E-state index contributed by atoms with van der Waals surface area (Å²) in [5, 5.41) is 0. The minimum atomic E-state index is 0.966. The van der Waals surface area contributed by atoms with Crippen LogP contribution < -0.4 is 4.90 Å². The molecule has 0 saturated carbocycles. The minimum Gasteiger partial charge on any atom is -0.361 e. The summed E-state index contributed by atoms with van der Waals surface area (Å²) in [7, 11) is 0. The highest BCUT2D eigenvalue weighted by molar-refractivity contribution is 5.88. The second-order valence-corrected chi connectivity index (χ2v) is 7.03. The van der Waals surface area contributed by atoms with Gasteiger partial charge in [-0.1, -0.05) is 48.5 Å². The predicted molar refractivity (Wildman–Crippen MR) is 126 cm³/mol. The van der Waals surface area contributed by atoms with E-state index in [2.05, 4.69) is 93.7 Å². The molecule has 1 N–H and O–H groups in total. The molecule has 0 aliphatic carbocycles. The number of nitrogens with zero attached hydrogens (tertiary/aromatic N) is 2. The lowest BCUT2D eigenvalue weighted by Gasteiger charge is -2.25. The zero-order chi connectivity index (χ0) is 20.2. The van der Waals surface area contributed by atoms with E-state index in [1.807, 2.05) is 42.8 Å². The van der Waals surface area contributed by atoms with Gasteiger partial charge in [0.25, 0.3) is 0 Å². The Kier molecular flexibility index (Phi) is 4.84. The van der Waals surface area contributed by atoms with Gasteiger partial charge in [-0.3, -0.25) is 4.99 Å². The molecule has 144 valence electrons. The molecule has 0 unspecified atom stereocenters. The van der Waals surface area contributed by atoms with Gasteiger partial charge in [0.2, 0.25) is 0 Å². The van der Waals surface area contributed by atoms with E-state index < -0.39 is 0 Å². The van der Waals surface area contributed by atoms with Gasteiger partial charge in [-0.15, -0.1) is 0 Å². The number of hydrogen-bond donors (Lipinski definition) is 1. The minimum absolute atomic E-state index is 0.966. The van der Waals surface area contributed by atoms with Crippen molar-refractivity contribution in [2.24, 2.45) is 4.99 Å². The molecule has 3 aromatic carbocycles. The van der Waals surface area contributed by atoms with E-state index in [1.165, 1.54) is 0 Å². The van der Waals surface area contributed by atoms with E-state index in [0.29, 0.717) is 0 Å². The van der Waals surface area contributed by atoms with Crippen LogP contribution >= 0.6 is 0 Å². The van der Waals surface area contributed by atoms with Crippen molar-refractivity contribution in [3.8, 4) is 0 Å². The molecule has 0 amide bonds. The van der Waals surface area contributed by atoms with Crippen LogP contribution in [0.3, 0.4) is 0 Å². The summed E-state index contributed by atoms with van der Waals surface area (Å²) in [4.78, 5) is 10.1. The number of hydrogen-bond acceptors (Lipinski definition) is 2. The number of rotatable bonds is 5. The lowest BCUT2D eigenvalue weighted by atomic mass is 10.00. The number of nitrogens with one attached hydrogen (secondary N) is 1. The molecule has 4 aromatic rings. The maximum Gasteiger partial charge on any atom is 0.0729 e. The summed E-state index contributed by atoms with van der Waals surface area (Å²) in [6.07, 6.45) is 7.79. The summed E-state index contributed by atoms with van der Waals surface area (Å²) in [5.74, 6) is 0. The highest BCUT2D eigenvalue weighted by atomic mass is 15.1. The van der Waals surface area contributed by atoms with E-state index in [0.717, 1.165) is 39.6 Å². The Bertz CT molecular complexity index is 1150. The molecule has 5 rings (SSSR count). The summed E-state index contributed by atoms with van der Waals surface area (Å²) in [6, 6.07) is 33.6. The largest absolute Gasteiger partial charge is 0.361 e. The molecule has 0 radical (unpaired) electrons.